The number of aromatic nitrogens is 1. The second-order valence-corrected chi connectivity index (χ2v) is 16.8. The van der Waals surface area contributed by atoms with Gasteiger partial charge in [0.05, 0.1) is 18.6 Å². The number of para-hydroxylation sites is 1. The Morgan fingerprint density at radius 1 is 0.983 bits per heavy atom. The van der Waals surface area contributed by atoms with Crippen molar-refractivity contribution in [2.75, 3.05) is 19.6 Å². The number of phosphoric ester groups is 1. The van der Waals surface area contributed by atoms with Crippen LogP contribution in [0.25, 0.3) is 10.9 Å². The maximum absolute atomic E-state index is 14.8. The van der Waals surface area contributed by atoms with Crippen molar-refractivity contribution in [3.8, 4) is 5.75 Å². The Labute approximate surface area is 389 Å². The van der Waals surface area contributed by atoms with Crippen molar-refractivity contribution in [1.29, 1.82) is 0 Å². The Balaban J connectivity index is 0.00000384. The van der Waals surface area contributed by atoms with Crippen molar-refractivity contribution >= 4 is 42.4 Å². The van der Waals surface area contributed by atoms with Crippen LogP contribution < -0.4 is 78.7 Å². The number of carbonyl (C=O) groups excluding carboxylic acids is 4. The van der Waals surface area contributed by atoms with Crippen LogP contribution in [0.1, 0.15) is 67.6 Å². The summed E-state index contributed by atoms with van der Waals surface area (Å²) >= 11 is 0. The molecule has 1 N–H and O–H groups in total. The maximum atomic E-state index is 14.8. The van der Waals surface area contributed by atoms with Gasteiger partial charge in [-0.25, -0.2) is 14.8 Å². The van der Waals surface area contributed by atoms with Gasteiger partial charge in [-0.15, -0.1) is 6.58 Å². The molecule has 4 aromatic rings. The summed E-state index contributed by atoms with van der Waals surface area (Å²) in [5.74, 6) is -0.846. The van der Waals surface area contributed by atoms with Crippen molar-refractivity contribution < 1.29 is 97.2 Å². The SMILES string of the molecule is C=CCN1CC(=O)N2[C@@H](Cc3ccc(OP(=O)([O-])[O-])cc3)C(=O)N(Cc3cccc4c(C(=O)CC(C)(C)C)cn(CCC)c34)C[C@@H]2N1C(=O)NCc1ccccc1.[Na+].[Na+]. The third kappa shape index (κ3) is 11.8. The van der Waals surface area contributed by atoms with Gasteiger partial charge < -0.3 is 38.6 Å². The third-order valence-electron chi connectivity index (χ3n) is 10.0. The molecule has 0 aliphatic carbocycles. The first-order valence-electron chi connectivity index (χ1n) is 19.1. The number of fused-ring (bicyclic) bond motifs is 2. The van der Waals surface area contributed by atoms with Crippen LogP contribution in [0.5, 0.6) is 5.75 Å². The number of benzene rings is 3. The Morgan fingerprint density at radius 2 is 1.68 bits per heavy atom. The van der Waals surface area contributed by atoms with Crippen molar-refractivity contribution in [3.05, 3.63) is 114 Å². The molecule has 0 bridgehead atoms. The number of rotatable bonds is 14. The van der Waals surface area contributed by atoms with Crippen LogP contribution >= 0.6 is 7.82 Å². The van der Waals surface area contributed by atoms with Crippen molar-refractivity contribution in [2.24, 2.45) is 5.41 Å². The van der Waals surface area contributed by atoms with E-state index in [0.717, 1.165) is 28.5 Å². The van der Waals surface area contributed by atoms with Crippen LogP contribution in [-0.4, -0.2) is 79.9 Å². The summed E-state index contributed by atoms with van der Waals surface area (Å²) in [7, 11) is -5.30. The maximum Gasteiger partial charge on any atom is 1.00 e. The van der Waals surface area contributed by atoms with E-state index in [2.05, 4.69) is 27.9 Å². The Bertz CT molecular complexity index is 2190. The normalized spacial score (nSPS) is 17.2. The van der Waals surface area contributed by atoms with Gasteiger partial charge >= 0.3 is 65.1 Å². The van der Waals surface area contributed by atoms with Crippen molar-refractivity contribution in [3.63, 3.8) is 0 Å². The molecule has 0 unspecified atom stereocenters. The predicted molar refractivity (Wildman–Crippen MR) is 211 cm³/mol. The van der Waals surface area contributed by atoms with Crippen LogP contribution in [-0.2, 0) is 40.2 Å². The number of hydrogen-bond donors (Lipinski definition) is 1. The van der Waals surface area contributed by atoms with Gasteiger partial charge in [-0.05, 0) is 40.7 Å². The first-order valence-corrected chi connectivity index (χ1v) is 20.5. The number of ketones is 1. The minimum absolute atomic E-state index is 0. The predicted octanol–water partition coefficient (Wildman–Crippen LogP) is -1.38. The smallest absolute Gasteiger partial charge is 0.780 e. The fourth-order valence-corrected chi connectivity index (χ4v) is 8.10. The number of hydrazine groups is 1. The molecule has 59 heavy (non-hydrogen) atoms. The number of nitrogens with one attached hydrogen (secondary N) is 1. The van der Waals surface area contributed by atoms with E-state index in [1.165, 1.54) is 34.2 Å². The number of urea groups is 1. The molecule has 14 nitrogen and oxygen atoms in total. The summed E-state index contributed by atoms with van der Waals surface area (Å²) in [6, 6.07) is 19.3. The van der Waals surface area contributed by atoms with E-state index in [0.29, 0.717) is 24.1 Å². The summed E-state index contributed by atoms with van der Waals surface area (Å²) in [5, 5.41) is 6.91. The van der Waals surface area contributed by atoms with E-state index < -0.39 is 26.1 Å². The molecule has 4 amide bonds. The quantitative estimate of drug-likeness (QED) is 0.0697. The van der Waals surface area contributed by atoms with Crippen LogP contribution in [0, 0.1) is 5.41 Å². The molecule has 6 rings (SSSR count). The second kappa shape index (κ2) is 20.5. The molecule has 2 fully saturated rings. The Morgan fingerprint density at radius 3 is 2.31 bits per heavy atom. The molecular formula is C42H49N6Na2O8P. The van der Waals surface area contributed by atoms with Crippen molar-refractivity contribution in [2.45, 2.75) is 78.8 Å². The second-order valence-electron chi connectivity index (χ2n) is 15.7. The van der Waals surface area contributed by atoms with Gasteiger partial charge in [0.15, 0.2) is 5.78 Å². The van der Waals surface area contributed by atoms with Gasteiger partial charge in [-0.3, -0.25) is 14.4 Å². The molecule has 2 aliphatic rings. The third-order valence-corrected chi connectivity index (χ3v) is 10.5. The van der Waals surface area contributed by atoms with Gasteiger partial charge in [0.1, 0.15) is 25.8 Å². The van der Waals surface area contributed by atoms with E-state index in [1.807, 2.05) is 75.5 Å². The van der Waals surface area contributed by atoms with E-state index in [4.69, 9.17) is 0 Å². The van der Waals surface area contributed by atoms with Crippen LogP contribution in [0.3, 0.4) is 0 Å². The number of carbonyl (C=O) groups is 4. The van der Waals surface area contributed by atoms with Gasteiger partial charge in [0.25, 0.3) is 0 Å². The zero-order chi connectivity index (χ0) is 41.1. The molecule has 0 saturated carbocycles. The molecule has 302 valence electrons. The van der Waals surface area contributed by atoms with Gasteiger partial charge in [0, 0.05) is 56.2 Å². The molecule has 17 heteroatoms. The minimum atomic E-state index is -5.30. The molecule has 1 aromatic heterocycles. The first kappa shape index (κ1) is 48.4. The Kier molecular flexibility index (Phi) is 16.8. The number of piperazine rings is 1. The number of aryl methyl sites for hydroxylation is 1. The van der Waals surface area contributed by atoms with Crippen LogP contribution in [0.15, 0.2) is 91.6 Å². The molecule has 3 aromatic carbocycles. The summed E-state index contributed by atoms with van der Waals surface area (Å²) < 4.78 is 17.8. The van der Waals surface area contributed by atoms with Gasteiger partial charge in [-0.1, -0.05) is 94.4 Å². The summed E-state index contributed by atoms with van der Waals surface area (Å²) in [6.07, 6.45) is 3.80. The monoisotopic (exact) mass is 842 g/mol. The van der Waals surface area contributed by atoms with Crippen LogP contribution in [0.2, 0.25) is 0 Å². The van der Waals surface area contributed by atoms with E-state index >= 15 is 0 Å². The average molecular weight is 843 g/mol. The molecule has 2 aliphatic heterocycles. The number of Topliss-reactive ketones (excluding diaryl/α,β-unsaturated/α-hetero) is 1. The van der Waals surface area contributed by atoms with Gasteiger partial charge in [0.2, 0.25) is 11.8 Å². The zero-order valence-electron chi connectivity index (χ0n) is 34.8. The van der Waals surface area contributed by atoms with E-state index in [1.54, 1.807) is 16.0 Å². The minimum Gasteiger partial charge on any atom is -0.780 e. The fraction of sp³-hybridized carbons (Fsp3) is 0.381. The Hall–Kier alpha value is -3.27. The number of hydrogen-bond acceptors (Lipinski definition) is 9. The molecule has 2 saturated heterocycles. The van der Waals surface area contributed by atoms with E-state index in [9.17, 15) is 33.5 Å². The standard InChI is InChI=1S/C42H51N6O8P.2Na/c1-6-20-44-26-34(36(49)23-42(3,4)5)33-15-11-14-31(39(33)44)25-45-27-37-47(35(40(45)51)22-29-16-18-32(19-17-29)56-57(53,54)55)38(50)28-46(21-7-2)48(37)41(52)43-24-30-12-9-8-10-13-30;;/h7-19,26,35,37H,2,6,20-25,27-28H2,1,3-5H3,(H,43,52)(H2,53,54,55);;/q;2*+1/p-2/t35-,37-;;/m0../s1. The first-order chi connectivity index (χ1) is 27.1. The summed E-state index contributed by atoms with van der Waals surface area (Å²) in [6.45, 7) is 13.0. The topological polar surface area (TPSA) is 171 Å². The van der Waals surface area contributed by atoms with Crippen LogP contribution in [0.4, 0.5) is 4.79 Å². The van der Waals surface area contributed by atoms with E-state index in [-0.39, 0.29) is 127 Å². The summed E-state index contributed by atoms with van der Waals surface area (Å²) in [5.41, 5.74) is 3.51. The van der Waals surface area contributed by atoms with Gasteiger partial charge in [-0.2, -0.15) is 0 Å². The fourth-order valence-electron chi connectivity index (χ4n) is 7.72. The number of amides is 4. The average Bonchev–Trinajstić information content (AvgIpc) is 3.52. The number of nitrogens with zero attached hydrogens (tertiary/aromatic N) is 5. The number of phosphoric acid groups is 1. The zero-order valence-corrected chi connectivity index (χ0v) is 39.7. The summed E-state index contributed by atoms with van der Waals surface area (Å²) in [4.78, 5) is 82.3. The largest absolute Gasteiger partial charge is 1.00 e. The molecule has 3 heterocycles. The molecular weight excluding hydrogens is 793 g/mol. The molecule has 0 spiro atoms. The molecule has 0 radical (unpaired) electrons. The molecule has 2 atom stereocenters. The van der Waals surface area contributed by atoms with Crippen molar-refractivity contribution in [1.82, 2.24) is 29.7 Å².